The number of rotatable bonds is 16. The molecule has 8 nitrogen and oxygen atoms in total. The summed E-state index contributed by atoms with van der Waals surface area (Å²) in [6.07, 6.45) is 0. The van der Waals surface area contributed by atoms with Crippen molar-refractivity contribution in [2.45, 2.75) is 159 Å². The summed E-state index contributed by atoms with van der Waals surface area (Å²) in [6.45, 7) is 40.2. The lowest BCUT2D eigenvalue weighted by molar-refractivity contribution is 0.0157. The van der Waals surface area contributed by atoms with E-state index in [1.54, 1.807) is 0 Å². The number of hydrogen-bond donors (Lipinski definition) is 0. The molecule has 0 aromatic carbocycles. The lowest BCUT2D eigenvalue weighted by atomic mass is 10.3. The maximum atomic E-state index is 7.71. The Kier molecular flexibility index (Phi) is 14.7. The van der Waals surface area contributed by atoms with Crippen LogP contribution >= 0.6 is 0 Å². The van der Waals surface area contributed by atoms with Crippen molar-refractivity contribution in [3.8, 4) is 0 Å². The first-order chi connectivity index (χ1) is 20.2. The minimum atomic E-state index is -3.91. The summed E-state index contributed by atoms with van der Waals surface area (Å²) < 4.78 is 60.9. The van der Waals surface area contributed by atoms with Gasteiger partial charge in [-0.25, -0.2) is 0 Å². The van der Waals surface area contributed by atoms with Crippen LogP contribution < -0.4 is 0 Å². The van der Waals surface area contributed by atoms with Gasteiger partial charge in [0, 0.05) is 0 Å². The van der Waals surface area contributed by atoms with Crippen molar-refractivity contribution in [1.82, 2.24) is 0 Å². The first-order valence-corrected chi connectivity index (χ1v) is 34.5. The molecule has 0 radical (unpaired) electrons. The Morgan fingerprint density at radius 2 is 0.511 bits per heavy atom. The monoisotopic (exact) mass is 756 g/mol. The van der Waals surface area contributed by atoms with Crippen molar-refractivity contribution in [3.05, 3.63) is 0 Å². The van der Waals surface area contributed by atoms with Gasteiger partial charge in [-0.15, -0.1) is 0 Å². The average Bonchev–Trinajstić information content (AvgIpc) is 2.64. The van der Waals surface area contributed by atoms with E-state index in [0.717, 1.165) is 36.3 Å². The maximum absolute atomic E-state index is 7.71. The molecule has 0 amide bonds. The van der Waals surface area contributed by atoms with E-state index in [4.69, 9.17) is 32.9 Å². The zero-order valence-electron chi connectivity index (χ0n) is 32.5. The summed E-state index contributed by atoms with van der Waals surface area (Å²) in [4.78, 5) is 0. The fourth-order valence-electron chi connectivity index (χ4n) is 6.91. The highest BCUT2D eigenvalue weighted by Gasteiger charge is 2.75. The summed E-state index contributed by atoms with van der Waals surface area (Å²) in [5.41, 5.74) is 0. The van der Waals surface area contributed by atoms with Gasteiger partial charge in [0.15, 0.2) is 16.6 Å². The highest BCUT2D eigenvalue weighted by molar-refractivity contribution is 6.99. The molecule has 0 aliphatic carbocycles. The van der Waals surface area contributed by atoms with E-state index >= 15 is 0 Å². The van der Waals surface area contributed by atoms with Crippen LogP contribution in [-0.2, 0) is 32.9 Å². The first kappa shape index (κ1) is 42.4. The maximum Gasteiger partial charge on any atom is 0.641 e. The highest BCUT2D eigenvalue weighted by atomic mass is 28.6. The van der Waals surface area contributed by atoms with Gasteiger partial charge in [0.2, 0.25) is 0 Å². The molecule has 0 unspecified atom stereocenters. The van der Waals surface area contributed by atoms with Gasteiger partial charge in [0.05, 0.1) is 0 Å². The van der Waals surface area contributed by atoms with E-state index in [2.05, 4.69) is 122 Å². The van der Waals surface area contributed by atoms with Gasteiger partial charge < -0.3 is 32.9 Å². The molecule has 0 aromatic rings. The predicted octanol–water partition coefficient (Wildman–Crippen LogP) is 9.95. The Bertz CT molecular complexity index is 769. The third-order valence-electron chi connectivity index (χ3n) is 7.04. The fourth-order valence-corrected chi connectivity index (χ4v) is 43.9. The summed E-state index contributed by atoms with van der Waals surface area (Å²) in [5, 5.41) is 0. The second kappa shape index (κ2) is 15.6. The molecule has 2 bridgehead atoms. The van der Waals surface area contributed by atoms with Gasteiger partial charge in [-0.3, -0.25) is 0 Å². The highest BCUT2D eigenvalue weighted by Crippen LogP contribution is 2.49. The zero-order chi connectivity index (χ0) is 34.9. The Morgan fingerprint density at radius 1 is 0.356 bits per heavy atom. The molecule has 0 spiro atoms. The second-order valence-electron chi connectivity index (χ2n) is 18.4. The molecule has 3 aliphatic rings. The molecular weight excluding hydrogens is 685 g/mol. The molecule has 0 aromatic heterocycles. The minimum absolute atomic E-state index is 0.327. The van der Waals surface area contributed by atoms with Crippen molar-refractivity contribution in [3.63, 3.8) is 0 Å². The normalized spacial score (nSPS) is 27.2. The van der Waals surface area contributed by atoms with Crippen LogP contribution in [0.1, 0.15) is 83.1 Å². The predicted molar refractivity (Wildman–Crippen MR) is 202 cm³/mol. The summed E-state index contributed by atoms with van der Waals surface area (Å²) in [6, 6.07) is 4.61. The molecule has 45 heavy (non-hydrogen) atoms. The Balaban J connectivity index is 3.16. The van der Waals surface area contributed by atoms with Crippen LogP contribution in [0.15, 0.2) is 0 Å². The number of fused-ring (bicyclic) bond motifs is 6. The van der Waals surface area contributed by atoms with Crippen molar-refractivity contribution in [2.75, 3.05) is 0 Å². The van der Waals surface area contributed by atoms with Gasteiger partial charge in [0.1, 0.15) is 0 Å². The van der Waals surface area contributed by atoms with E-state index in [1.165, 1.54) is 0 Å². The summed E-state index contributed by atoms with van der Waals surface area (Å²) >= 11 is 0. The van der Waals surface area contributed by atoms with Crippen LogP contribution in [0.4, 0.5) is 0 Å². The smallest absolute Gasteiger partial charge is 0.396 e. The lowest BCUT2D eigenvalue weighted by Crippen LogP contribution is -2.81. The molecule has 268 valence electrons. The lowest BCUT2D eigenvalue weighted by Gasteiger charge is -2.58. The molecule has 3 fully saturated rings. The molecule has 15 heteroatoms. The Hall–Kier alpha value is 1.20. The first-order valence-electron chi connectivity index (χ1n) is 17.8. The second-order valence-corrected chi connectivity index (χ2v) is 43.3. The SMILES string of the molecule is CC(C)C[Si]1(CC(C)C)O[Si]2(O[Si](C)(C)C)O[Si](CC(C)C)(CC(C)C)O[Si](O[Si](C)(C)C)(O1)O[Si](CC(C)C)(CC(C)C)O2. The van der Waals surface area contributed by atoms with Crippen molar-refractivity contribution >= 4 is 60.4 Å². The Labute approximate surface area is 286 Å². The van der Waals surface area contributed by atoms with Gasteiger partial charge in [-0.1, -0.05) is 83.1 Å². The van der Waals surface area contributed by atoms with Gasteiger partial charge in [0.25, 0.3) is 0 Å². The summed E-state index contributed by atoms with van der Waals surface area (Å²) in [7, 11) is -21.9. The van der Waals surface area contributed by atoms with Gasteiger partial charge >= 0.3 is 43.8 Å². The quantitative estimate of drug-likeness (QED) is 0.144. The van der Waals surface area contributed by atoms with E-state index in [0.29, 0.717) is 35.5 Å². The topological polar surface area (TPSA) is 73.8 Å². The third kappa shape index (κ3) is 13.4. The van der Waals surface area contributed by atoms with Gasteiger partial charge in [-0.05, 0) is 111 Å². The molecular formula is C30H72O8Si7. The Morgan fingerprint density at radius 3 is 0.622 bits per heavy atom. The standard InChI is InChI=1S/C30H72O8Si7/c1-25(2)19-41(20-26(3)4)33-44(31-39(13,14)15)35-42(21-27(5)6,22-28(7)8)36-45(34-41,32-40(16,17)18)38-43(37-44,23-29(9)10)24-30(11)12/h25-30H,19-24H2,1-18H3. The molecule has 3 heterocycles. The largest absolute Gasteiger partial charge is 0.641 e. The average molecular weight is 758 g/mol. The van der Waals surface area contributed by atoms with E-state index in [9.17, 15) is 0 Å². The minimum Gasteiger partial charge on any atom is -0.396 e. The van der Waals surface area contributed by atoms with Crippen molar-refractivity contribution in [2.24, 2.45) is 35.5 Å². The third-order valence-corrected chi connectivity index (χ3v) is 37.5. The van der Waals surface area contributed by atoms with Crippen LogP contribution in [0.2, 0.25) is 75.5 Å². The molecule has 3 saturated heterocycles. The zero-order valence-corrected chi connectivity index (χ0v) is 39.5. The van der Waals surface area contributed by atoms with E-state index < -0.39 is 60.4 Å². The van der Waals surface area contributed by atoms with Crippen molar-refractivity contribution in [1.29, 1.82) is 0 Å². The van der Waals surface area contributed by atoms with E-state index in [1.807, 2.05) is 0 Å². The van der Waals surface area contributed by atoms with Crippen LogP contribution in [-0.4, -0.2) is 60.4 Å². The van der Waals surface area contributed by atoms with Gasteiger partial charge in [-0.2, -0.15) is 0 Å². The fraction of sp³-hybridized carbons (Fsp3) is 1.00. The molecule has 0 saturated carbocycles. The van der Waals surface area contributed by atoms with E-state index in [-0.39, 0.29) is 0 Å². The molecule has 0 N–H and O–H groups in total. The molecule has 3 aliphatic heterocycles. The summed E-state index contributed by atoms with van der Waals surface area (Å²) in [5.74, 6) is 1.96. The van der Waals surface area contributed by atoms with Crippen LogP contribution in [0.25, 0.3) is 0 Å². The van der Waals surface area contributed by atoms with Crippen molar-refractivity contribution < 1.29 is 32.9 Å². The molecule has 3 rings (SSSR count). The number of hydrogen-bond acceptors (Lipinski definition) is 8. The van der Waals surface area contributed by atoms with Crippen LogP contribution in [0.3, 0.4) is 0 Å². The van der Waals surface area contributed by atoms with Crippen LogP contribution in [0, 0.1) is 35.5 Å². The molecule has 0 atom stereocenters. The van der Waals surface area contributed by atoms with Crippen LogP contribution in [0.5, 0.6) is 0 Å².